The van der Waals surface area contributed by atoms with E-state index in [0.29, 0.717) is 6.04 Å². The Hall–Kier alpha value is -1.78. The molecule has 0 amide bonds. The number of rotatable bonds is 2. The Morgan fingerprint density at radius 2 is 2.00 bits per heavy atom. The van der Waals surface area contributed by atoms with Crippen LogP contribution in [0.4, 0.5) is 5.82 Å². The van der Waals surface area contributed by atoms with Crippen LogP contribution in [0.1, 0.15) is 45.5 Å². The van der Waals surface area contributed by atoms with Crippen molar-refractivity contribution in [3.8, 4) is 11.4 Å². The highest BCUT2D eigenvalue weighted by Gasteiger charge is 2.34. The monoisotopic (exact) mass is 259 g/mol. The number of nitrogen functional groups attached to an aromatic ring is 1. The summed E-state index contributed by atoms with van der Waals surface area (Å²) in [4.78, 5) is 8.98. The van der Waals surface area contributed by atoms with Gasteiger partial charge in [0.15, 0.2) is 0 Å². The van der Waals surface area contributed by atoms with Gasteiger partial charge >= 0.3 is 0 Å². The van der Waals surface area contributed by atoms with Crippen molar-refractivity contribution in [2.24, 2.45) is 7.05 Å². The highest BCUT2D eigenvalue weighted by Crippen LogP contribution is 2.43. The second kappa shape index (κ2) is 3.85. The van der Waals surface area contributed by atoms with Crippen LogP contribution in [0.15, 0.2) is 12.5 Å². The Kier molecular flexibility index (Phi) is 2.49. The average molecular weight is 259 g/mol. The Labute approximate surface area is 113 Å². The Balaban J connectivity index is 2.20. The van der Waals surface area contributed by atoms with Gasteiger partial charge in [0, 0.05) is 18.5 Å². The van der Waals surface area contributed by atoms with E-state index in [2.05, 4.69) is 30.3 Å². The third-order valence-corrected chi connectivity index (χ3v) is 3.59. The van der Waals surface area contributed by atoms with Crippen LogP contribution in [-0.2, 0) is 12.5 Å². The summed E-state index contributed by atoms with van der Waals surface area (Å²) in [7, 11) is 1.97. The van der Waals surface area contributed by atoms with Gasteiger partial charge < -0.3 is 14.9 Å². The highest BCUT2D eigenvalue weighted by atomic mass is 15.2. The molecule has 2 aromatic heterocycles. The predicted molar refractivity (Wildman–Crippen MR) is 75.8 cm³/mol. The third kappa shape index (κ3) is 1.93. The minimum absolute atomic E-state index is 0.00640. The van der Waals surface area contributed by atoms with Gasteiger partial charge in [-0.15, -0.1) is 0 Å². The lowest BCUT2D eigenvalue weighted by atomic mass is 9.95. The topological polar surface area (TPSA) is 61.7 Å². The number of anilines is 1. The minimum atomic E-state index is -0.00640. The summed E-state index contributed by atoms with van der Waals surface area (Å²) in [6, 6.07) is 0.531. The fraction of sp³-hybridized carbons (Fsp3) is 0.571. The summed E-state index contributed by atoms with van der Waals surface area (Å²) < 4.78 is 4.19. The molecular formula is C14H21N5. The molecule has 0 spiro atoms. The molecule has 0 unspecified atom stereocenters. The number of nitrogens with two attached hydrogens (primary N) is 1. The van der Waals surface area contributed by atoms with E-state index >= 15 is 0 Å². The first-order chi connectivity index (χ1) is 8.89. The van der Waals surface area contributed by atoms with Crippen LogP contribution in [0, 0.1) is 0 Å². The maximum Gasteiger partial charge on any atom is 0.133 e. The van der Waals surface area contributed by atoms with Crippen LogP contribution in [0.25, 0.3) is 11.4 Å². The number of hydrogen-bond donors (Lipinski definition) is 1. The van der Waals surface area contributed by atoms with E-state index in [1.807, 2.05) is 17.8 Å². The van der Waals surface area contributed by atoms with Gasteiger partial charge in [0.25, 0.3) is 0 Å². The van der Waals surface area contributed by atoms with Gasteiger partial charge in [0.2, 0.25) is 0 Å². The van der Waals surface area contributed by atoms with E-state index in [0.717, 1.165) is 23.0 Å². The largest absolute Gasteiger partial charge is 0.383 e. The van der Waals surface area contributed by atoms with Crippen molar-refractivity contribution in [2.45, 2.75) is 45.1 Å². The molecule has 1 saturated carbocycles. The molecule has 5 nitrogen and oxygen atoms in total. The summed E-state index contributed by atoms with van der Waals surface area (Å²) >= 11 is 0. The van der Waals surface area contributed by atoms with E-state index < -0.39 is 0 Å². The maximum absolute atomic E-state index is 6.36. The van der Waals surface area contributed by atoms with E-state index in [4.69, 9.17) is 10.7 Å². The lowest BCUT2D eigenvalue weighted by Gasteiger charge is -2.20. The van der Waals surface area contributed by atoms with Crippen molar-refractivity contribution in [3.63, 3.8) is 0 Å². The van der Waals surface area contributed by atoms with Crippen molar-refractivity contribution >= 4 is 5.82 Å². The van der Waals surface area contributed by atoms with Crippen LogP contribution in [0.3, 0.4) is 0 Å². The molecule has 3 rings (SSSR count). The molecule has 2 aromatic rings. The Morgan fingerprint density at radius 1 is 1.32 bits per heavy atom. The first kappa shape index (κ1) is 12.3. The fourth-order valence-electron chi connectivity index (χ4n) is 2.45. The lowest BCUT2D eigenvalue weighted by Crippen LogP contribution is -2.19. The molecule has 0 bridgehead atoms. The van der Waals surface area contributed by atoms with Crippen LogP contribution in [-0.4, -0.2) is 19.1 Å². The van der Waals surface area contributed by atoms with Crippen molar-refractivity contribution in [3.05, 3.63) is 18.3 Å². The van der Waals surface area contributed by atoms with Crippen molar-refractivity contribution < 1.29 is 0 Å². The highest BCUT2D eigenvalue weighted by molar-refractivity contribution is 5.68. The zero-order chi connectivity index (χ0) is 13.8. The Bertz CT molecular complexity index is 610. The third-order valence-electron chi connectivity index (χ3n) is 3.59. The van der Waals surface area contributed by atoms with Gasteiger partial charge in [-0.2, -0.15) is 0 Å². The predicted octanol–water partition coefficient (Wildman–Crippen LogP) is 2.50. The summed E-state index contributed by atoms with van der Waals surface area (Å²) in [5, 5.41) is 0. The van der Waals surface area contributed by atoms with Gasteiger partial charge in [-0.3, -0.25) is 0 Å². The molecule has 2 heterocycles. The molecule has 5 heteroatoms. The van der Waals surface area contributed by atoms with Crippen molar-refractivity contribution in [2.75, 3.05) is 5.73 Å². The molecule has 1 fully saturated rings. The quantitative estimate of drug-likeness (QED) is 0.901. The Morgan fingerprint density at radius 3 is 2.47 bits per heavy atom. The second-order valence-corrected chi connectivity index (χ2v) is 6.41. The average Bonchev–Trinajstić information content (AvgIpc) is 2.96. The van der Waals surface area contributed by atoms with Crippen LogP contribution < -0.4 is 5.73 Å². The van der Waals surface area contributed by atoms with Crippen molar-refractivity contribution in [1.29, 1.82) is 0 Å². The van der Waals surface area contributed by atoms with Crippen LogP contribution >= 0.6 is 0 Å². The standard InChI is InChI=1S/C14H21N5/c1-14(2,3)13-17-11(10-7-16-8-18(10)4)12(15)19(13)9-5-6-9/h7-9H,5-6,15H2,1-4H3. The SMILES string of the molecule is Cn1cncc1-c1nc(C(C)(C)C)n(C2CC2)c1N. The zero-order valence-corrected chi connectivity index (χ0v) is 12.0. The van der Waals surface area contributed by atoms with Crippen LogP contribution in [0.5, 0.6) is 0 Å². The summed E-state index contributed by atoms with van der Waals surface area (Å²) in [5.41, 5.74) is 8.19. The second-order valence-electron chi connectivity index (χ2n) is 6.41. The van der Waals surface area contributed by atoms with Gasteiger partial charge in [0.1, 0.15) is 17.3 Å². The van der Waals surface area contributed by atoms with E-state index in [9.17, 15) is 0 Å². The first-order valence-corrected chi connectivity index (χ1v) is 6.74. The first-order valence-electron chi connectivity index (χ1n) is 6.74. The van der Waals surface area contributed by atoms with Crippen LogP contribution in [0.2, 0.25) is 0 Å². The molecule has 2 N–H and O–H groups in total. The van der Waals surface area contributed by atoms with E-state index in [-0.39, 0.29) is 5.41 Å². The normalized spacial score (nSPS) is 16.0. The van der Waals surface area contributed by atoms with Gasteiger partial charge in [-0.1, -0.05) is 20.8 Å². The smallest absolute Gasteiger partial charge is 0.133 e. The molecule has 1 aliphatic rings. The van der Waals surface area contributed by atoms with Gasteiger partial charge in [0.05, 0.1) is 18.2 Å². The van der Waals surface area contributed by atoms with E-state index in [1.54, 1.807) is 6.33 Å². The molecule has 1 aliphatic carbocycles. The molecular weight excluding hydrogens is 238 g/mol. The zero-order valence-electron chi connectivity index (χ0n) is 12.0. The molecule has 102 valence electrons. The maximum atomic E-state index is 6.36. The number of imidazole rings is 2. The van der Waals surface area contributed by atoms with E-state index in [1.165, 1.54) is 12.8 Å². The van der Waals surface area contributed by atoms with Crippen molar-refractivity contribution in [1.82, 2.24) is 19.1 Å². The number of nitrogens with zero attached hydrogens (tertiary/aromatic N) is 4. The molecule has 19 heavy (non-hydrogen) atoms. The molecule has 0 saturated heterocycles. The minimum Gasteiger partial charge on any atom is -0.383 e. The van der Waals surface area contributed by atoms with Gasteiger partial charge in [-0.05, 0) is 12.8 Å². The number of aryl methyl sites for hydroxylation is 1. The molecule has 0 atom stereocenters. The molecule has 0 aliphatic heterocycles. The fourth-order valence-corrected chi connectivity index (χ4v) is 2.45. The summed E-state index contributed by atoms with van der Waals surface area (Å²) in [6.45, 7) is 6.54. The number of hydrogen-bond acceptors (Lipinski definition) is 3. The summed E-state index contributed by atoms with van der Waals surface area (Å²) in [5.74, 6) is 1.85. The summed E-state index contributed by atoms with van der Waals surface area (Å²) in [6.07, 6.45) is 6.01. The molecule has 0 aromatic carbocycles. The lowest BCUT2D eigenvalue weighted by molar-refractivity contribution is 0.504. The molecule has 0 radical (unpaired) electrons. The number of aromatic nitrogens is 4. The van der Waals surface area contributed by atoms with Gasteiger partial charge in [-0.25, -0.2) is 9.97 Å².